The monoisotopic (exact) mass is 430 g/mol. The Morgan fingerprint density at radius 1 is 1.28 bits per heavy atom. The Kier molecular flexibility index (Phi) is 5.92. The Labute approximate surface area is 178 Å². The smallest absolute Gasteiger partial charge is 0.310 e. The Bertz CT molecular complexity index is 1040. The number of carbonyl (C=O) groups is 2. The largest absolute Gasteiger partial charge is 0.466 e. The molecule has 1 aliphatic heterocycles. The molecule has 5 nitrogen and oxygen atoms in total. The number of thiophene rings is 1. The van der Waals surface area contributed by atoms with Crippen LogP contribution in [0.1, 0.15) is 35.8 Å². The van der Waals surface area contributed by atoms with Gasteiger partial charge in [0, 0.05) is 24.7 Å². The zero-order chi connectivity index (χ0) is 20.4. The number of halogens is 1. The maximum atomic E-state index is 13.4. The number of esters is 1. The van der Waals surface area contributed by atoms with Crippen LogP contribution in [0, 0.1) is 5.92 Å². The molecular weight excluding hydrogens is 408 g/mol. The molecule has 29 heavy (non-hydrogen) atoms. The van der Waals surface area contributed by atoms with Gasteiger partial charge in [-0.1, -0.05) is 23.7 Å². The lowest BCUT2D eigenvalue weighted by Crippen LogP contribution is -2.43. The molecule has 0 spiro atoms. The summed E-state index contributed by atoms with van der Waals surface area (Å²) in [5.74, 6) is -0.491. The fourth-order valence-corrected chi connectivity index (χ4v) is 4.95. The van der Waals surface area contributed by atoms with Crippen LogP contribution in [-0.4, -0.2) is 41.0 Å². The number of fused-ring (bicyclic) bond motifs is 1. The van der Waals surface area contributed by atoms with Crippen molar-refractivity contribution in [2.24, 2.45) is 5.92 Å². The number of ether oxygens (including phenoxy) is 1. The maximum absolute atomic E-state index is 13.4. The number of amides is 1. The number of rotatable bonds is 5. The summed E-state index contributed by atoms with van der Waals surface area (Å²) < 4.78 is 8.30. The number of hydrogen-bond acceptors (Lipinski definition) is 4. The molecule has 3 aromatic rings. The summed E-state index contributed by atoms with van der Waals surface area (Å²) in [5, 5.41) is 2.71. The Balaban J connectivity index is 1.62. The molecule has 0 aliphatic carbocycles. The number of benzene rings is 1. The van der Waals surface area contributed by atoms with Crippen molar-refractivity contribution in [1.29, 1.82) is 0 Å². The second kappa shape index (κ2) is 8.59. The van der Waals surface area contributed by atoms with Gasteiger partial charge in [-0.25, -0.2) is 0 Å². The van der Waals surface area contributed by atoms with Crippen molar-refractivity contribution in [3.63, 3.8) is 0 Å². The third-order valence-corrected chi connectivity index (χ3v) is 6.39. The fraction of sp³-hybridized carbons (Fsp3) is 0.364. The van der Waals surface area contributed by atoms with Gasteiger partial charge < -0.3 is 14.2 Å². The van der Waals surface area contributed by atoms with Crippen molar-refractivity contribution >= 4 is 45.0 Å². The Morgan fingerprint density at radius 3 is 2.93 bits per heavy atom. The second-order valence-electron chi connectivity index (χ2n) is 7.26. The molecule has 152 valence electrons. The van der Waals surface area contributed by atoms with Crippen molar-refractivity contribution in [2.45, 2.75) is 26.3 Å². The van der Waals surface area contributed by atoms with Gasteiger partial charge in [0.25, 0.3) is 5.91 Å². The highest BCUT2D eigenvalue weighted by Gasteiger charge is 2.31. The zero-order valence-electron chi connectivity index (χ0n) is 16.3. The lowest BCUT2D eigenvalue weighted by atomic mass is 9.98. The molecule has 1 fully saturated rings. The Morgan fingerprint density at radius 2 is 2.14 bits per heavy atom. The molecule has 7 heteroatoms. The van der Waals surface area contributed by atoms with E-state index in [1.54, 1.807) is 23.2 Å². The predicted octanol–water partition coefficient (Wildman–Crippen LogP) is 4.82. The highest BCUT2D eigenvalue weighted by atomic mass is 35.5. The highest BCUT2D eigenvalue weighted by Crippen LogP contribution is 2.29. The molecule has 2 aromatic heterocycles. The van der Waals surface area contributed by atoms with E-state index in [-0.39, 0.29) is 17.8 Å². The van der Waals surface area contributed by atoms with Crippen LogP contribution < -0.4 is 0 Å². The SMILES string of the molecule is CCOC(=O)[C@H]1CCCN(C(=O)c2cc3sccc3n2Cc2cccc(Cl)c2)C1. The second-order valence-corrected chi connectivity index (χ2v) is 8.64. The topological polar surface area (TPSA) is 51.5 Å². The zero-order valence-corrected chi connectivity index (χ0v) is 17.8. The molecule has 1 amide bonds. The number of hydrogen-bond donors (Lipinski definition) is 0. The first-order valence-electron chi connectivity index (χ1n) is 9.84. The van der Waals surface area contributed by atoms with Gasteiger partial charge in [-0.3, -0.25) is 9.59 Å². The molecule has 1 aliphatic rings. The number of piperidine rings is 1. The number of likely N-dealkylation sites (tertiary alicyclic amines) is 1. The van der Waals surface area contributed by atoms with Gasteiger partial charge in [0.1, 0.15) is 5.69 Å². The van der Waals surface area contributed by atoms with Crippen molar-refractivity contribution < 1.29 is 14.3 Å². The summed E-state index contributed by atoms with van der Waals surface area (Å²) in [6, 6.07) is 11.7. The predicted molar refractivity (Wildman–Crippen MR) is 116 cm³/mol. The van der Waals surface area contributed by atoms with Gasteiger partial charge in [0.2, 0.25) is 0 Å². The minimum atomic E-state index is -0.245. The quantitative estimate of drug-likeness (QED) is 0.545. The molecule has 1 atom stereocenters. The van der Waals surface area contributed by atoms with Crippen LogP contribution in [0.3, 0.4) is 0 Å². The molecule has 0 saturated carbocycles. The number of aromatic nitrogens is 1. The van der Waals surface area contributed by atoms with Crippen molar-refractivity contribution in [3.05, 3.63) is 58.1 Å². The van der Waals surface area contributed by atoms with E-state index in [0.29, 0.717) is 37.0 Å². The average Bonchev–Trinajstić information content (AvgIpc) is 3.30. The minimum Gasteiger partial charge on any atom is -0.466 e. The van der Waals surface area contributed by atoms with Gasteiger partial charge in [0.15, 0.2) is 0 Å². The summed E-state index contributed by atoms with van der Waals surface area (Å²) in [5.41, 5.74) is 2.73. The molecule has 0 N–H and O–H groups in total. The molecule has 0 radical (unpaired) electrons. The van der Waals surface area contributed by atoms with Gasteiger partial charge >= 0.3 is 5.97 Å². The summed E-state index contributed by atoms with van der Waals surface area (Å²) in [4.78, 5) is 27.4. The lowest BCUT2D eigenvalue weighted by molar-refractivity contribution is -0.149. The molecule has 1 saturated heterocycles. The van der Waals surface area contributed by atoms with Gasteiger partial charge in [-0.05, 0) is 55.0 Å². The minimum absolute atomic E-state index is 0.0376. The molecule has 1 aromatic carbocycles. The molecular formula is C22H23ClN2O3S. The summed E-state index contributed by atoms with van der Waals surface area (Å²) >= 11 is 7.77. The van der Waals surface area contributed by atoms with Crippen molar-refractivity contribution in [3.8, 4) is 0 Å². The average molecular weight is 431 g/mol. The fourth-order valence-electron chi connectivity index (χ4n) is 3.92. The van der Waals surface area contributed by atoms with Gasteiger partial charge in [-0.2, -0.15) is 0 Å². The van der Waals surface area contributed by atoms with Crippen molar-refractivity contribution in [2.75, 3.05) is 19.7 Å². The van der Waals surface area contributed by atoms with E-state index in [0.717, 1.165) is 28.6 Å². The maximum Gasteiger partial charge on any atom is 0.310 e. The van der Waals surface area contributed by atoms with E-state index >= 15 is 0 Å². The van der Waals surface area contributed by atoms with Crippen LogP contribution >= 0.6 is 22.9 Å². The summed E-state index contributed by atoms with van der Waals surface area (Å²) in [7, 11) is 0. The van der Waals surface area contributed by atoms with Crippen LogP contribution in [-0.2, 0) is 16.1 Å². The molecule has 4 rings (SSSR count). The number of nitrogens with zero attached hydrogens (tertiary/aromatic N) is 2. The van der Waals surface area contributed by atoms with Crippen LogP contribution in [0.5, 0.6) is 0 Å². The number of carbonyl (C=O) groups excluding carboxylic acids is 2. The van der Waals surface area contributed by atoms with Crippen molar-refractivity contribution in [1.82, 2.24) is 9.47 Å². The lowest BCUT2D eigenvalue weighted by Gasteiger charge is -2.31. The first-order chi connectivity index (χ1) is 14.1. The molecule has 0 unspecified atom stereocenters. The summed E-state index contributed by atoms with van der Waals surface area (Å²) in [6.07, 6.45) is 1.57. The third-order valence-electron chi connectivity index (χ3n) is 5.30. The first-order valence-corrected chi connectivity index (χ1v) is 11.1. The standard InChI is InChI=1S/C22H23ClN2O3S/c1-2-28-22(27)16-6-4-9-24(14-16)21(26)19-12-20-18(8-10-29-20)25(19)13-15-5-3-7-17(23)11-15/h3,5,7-8,10-12,16H,2,4,6,9,13-14H2,1H3/t16-/m0/s1. The molecule has 0 bridgehead atoms. The molecule has 3 heterocycles. The Hall–Kier alpha value is -2.31. The van der Waals surface area contributed by atoms with Crippen LogP contribution in [0.4, 0.5) is 0 Å². The van der Waals surface area contributed by atoms with E-state index in [2.05, 4.69) is 0 Å². The van der Waals surface area contributed by atoms with Gasteiger partial charge in [0.05, 0.1) is 22.7 Å². The normalized spacial score (nSPS) is 16.9. The first kappa shape index (κ1) is 20.0. The third kappa shape index (κ3) is 4.19. The van der Waals surface area contributed by atoms with E-state index in [9.17, 15) is 9.59 Å². The van der Waals surface area contributed by atoms with Crippen LogP contribution in [0.2, 0.25) is 5.02 Å². The van der Waals surface area contributed by atoms with E-state index in [1.165, 1.54) is 0 Å². The van der Waals surface area contributed by atoms with E-state index in [4.69, 9.17) is 16.3 Å². The van der Waals surface area contributed by atoms with Crippen LogP contribution in [0.25, 0.3) is 10.2 Å². The van der Waals surface area contributed by atoms with E-state index in [1.807, 2.05) is 46.3 Å². The van der Waals surface area contributed by atoms with Crippen LogP contribution in [0.15, 0.2) is 41.8 Å². The van der Waals surface area contributed by atoms with E-state index < -0.39 is 0 Å². The summed E-state index contributed by atoms with van der Waals surface area (Å²) in [6.45, 7) is 3.80. The highest BCUT2D eigenvalue weighted by molar-refractivity contribution is 7.17. The van der Waals surface area contributed by atoms with Gasteiger partial charge in [-0.15, -0.1) is 11.3 Å².